The number of halogens is 1. The molecule has 1 unspecified atom stereocenters. The number of ether oxygens (including phenoxy) is 1. The highest BCUT2D eigenvalue weighted by Crippen LogP contribution is 2.28. The molecule has 1 aliphatic rings. The van der Waals surface area contributed by atoms with E-state index in [-0.39, 0.29) is 18.1 Å². The molecule has 2 N–H and O–H groups in total. The second-order valence-corrected chi connectivity index (χ2v) is 5.83. The molecule has 4 nitrogen and oxygen atoms in total. The molecule has 2 rings (SSSR count). The lowest BCUT2D eigenvalue weighted by molar-refractivity contribution is 0.0942. The molecule has 116 valence electrons. The molecule has 0 aliphatic heterocycles. The highest BCUT2D eigenvalue weighted by Gasteiger charge is 2.20. The lowest BCUT2D eigenvalue weighted by atomic mass is 9.96. The van der Waals surface area contributed by atoms with Crippen LogP contribution in [0.15, 0.2) is 18.2 Å². The van der Waals surface area contributed by atoms with E-state index in [1.165, 1.54) is 6.42 Å². The smallest absolute Gasteiger partial charge is 0.252 e. The van der Waals surface area contributed by atoms with Crippen LogP contribution >= 0.6 is 11.6 Å². The Morgan fingerprint density at radius 3 is 2.86 bits per heavy atom. The summed E-state index contributed by atoms with van der Waals surface area (Å²) in [4.78, 5) is 12.0. The van der Waals surface area contributed by atoms with Gasteiger partial charge in [0.25, 0.3) is 5.91 Å². The van der Waals surface area contributed by atoms with Crippen LogP contribution in [0.2, 0.25) is 5.02 Å². The second-order valence-electron chi connectivity index (χ2n) is 5.42. The van der Waals surface area contributed by atoms with Gasteiger partial charge in [-0.15, -0.1) is 0 Å². The summed E-state index contributed by atoms with van der Waals surface area (Å²) in [5, 5.41) is 12.6. The molecule has 1 atom stereocenters. The van der Waals surface area contributed by atoms with E-state index in [0.717, 1.165) is 12.8 Å². The minimum absolute atomic E-state index is 0.224. The maximum absolute atomic E-state index is 12.0. The number of hydrogen-bond acceptors (Lipinski definition) is 3. The van der Waals surface area contributed by atoms with Gasteiger partial charge in [-0.2, -0.15) is 0 Å². The number of carbonyl (C=O) groups excluding carboxylic acids is 1. The van der Waals surface area contributed by atoms with Crippen molar-refractivity contribution in [3.8, 4) is 5.75 Å². The van der Waals surface area contributed by atoms with Gasteiger partial charge in [-0.05, 0) is 50.3 Å². The summed E-state index contributed by atoms with van der Waals surface area (Å²) in [5.41, 5.74) is 0.434. The number of benzene rings is 1. The minimum atomic E-state index is -0.376. The number of aliphatic hydroxyl groups is 1. The molecule has 0 aromatic heterocycles. The normalized spacial score (nSPS) is 16.1. The fourth-order valence-corrected chi connectivity index (χ4v) is 2.34. The molecule has 1 fully saturated rings. The maximum atomic E-state index is 12.0. The Morgan fingerprint density at radius 1 is 1.52 bits per heavy atom. The Morgan fingerprint density at radius 2 is 2.29 bits per heavy atom. The van der Waals surface area contributed by atoms with Crippen molar-refractivity contribution in [2.24, 2.45) is 0 Å². The van der Waals surface area contributed by atoms with Crippen LogP contribution < -0.4 is 10.1 Å². The van der Waals surface area contributed by atoms with E-state index in [2.05, 4.69) is 5.32 Å². The Labute approximate surface area is 130 Å². The van der Waals surface area contributed by atoms with Crippen molar-refractivity contribution in [1.29, 1.82) is 0 Å². The van der Waals surface area contributed by atoms with Crippen LogP contribution in [0.3, 0.4) is 0 Å². The summed E-state index contributed by atoms with van der Waals surface area (Å²) in [5.74, 6) is 0.487. The predicted octanol–water partition coefficient (Wildman–Crippen LogP) is 3.16. The predicted molar refractivity (Wildman–Crippen MR) is 83.0 cm³/mol. The molecule has 0 heterocycles. The van der Waals surface area contributed by atoms with E-state index in [4.69, 9.17) is 16.3 Å². The zero-order valence-corrected chi connectivity index (χ0v) is 13.0. The molecular formula is C16H22ClNO3. The number of amides is 1. The molecule has 21 heavy (non-hydrogen) atoms. The van der Waals surface area contributed by atoms with Crippen molar-refractivity contribution in [2.45, 2.75) is 51.2 Å². The Balaban J connectivity index is 1.88. The van der Waals surface area contributed by atoms with E-state index in [1.807, 2.05) is 6.92 Å². The van der Waals surface area contributed by atoms with Gasteiger partial charge in [0, 0.05) is 6.54 Å². The lowest BCUT2D eigenvalue weighted by Gasteiger charge is -2.26. The molecule has 1 aromatic carbocycles. The average molecular weight is 312 g/mol. The first-order chi connectivity index (χ1) is 10.1. The van der Waals surface area contributed by atoms with E-state index in [1.54, 1.807) is 18.2 Å². The van der Waals surface area contributed by atoms with Gasteiger partial charge in [0.15, 0.2) is 0 Å². The van der Waals surface area contributed by atoms with E-state index >= 15 is 0 Å². The monoisotopic (exact) mass is 311 g/mol. The zero-order valence-electron chi connectivity index (χ0n) is 12.3. The standard InChI is InChI=1S/C16H22ClNO3/c1-2-11(19)8-9-18-16(20)14-7-6-13(10-15(14)17)21-12-4-3-5-12/h6-7,10-12,19H,2-5,8-9H2,1H3,(H,18,20). The van der Waals surface area contributed by atoms with Gasteiger partial charge in [0.1, 0.15) is 5.75 Å². The van der Waals surface area contributed by atoms with Crippen LogP contribution in [0.5, 0.6) is 5.75 Å². The van der Waals surface area contributed by atoms with E-state index in [0.29, 0.717) is 35.7 Å². The fraction of sp³-hybridized carbons (Fsp3) is 0.562. The number of carbonyl (C=O) groups is 1. The Kier molecular flexibility index (Phi) is 5.88. The highest BCUT2D eigenvalue weighted by atomic mass is 35.5. The summed E-state index contributed by atoms with van der Waals surface area (Å²) in [6.07, 6.45) is 4.52. The average Bonchev–Trinajstić information content (AvgIpc) is 2.42. The van der Waals surface area contributed by atoms with Gasteiger partial charge in [0.2, 0.25) is 0 Å². The third-order valence-corrected chi connectivity index (χ3v) is 4.09. The van der Waals surface area contributed by atoms with Gasteiger partial charge >= 0.3 is 0 Å². The summed E-state index contributed by atoms with van der Waals surface area (Å²) in [6, 6.07) is 5.15. The largest absolute Gasteiger partial charge is 0.490 e. The first-order valence-corrected chi connectivity index (χ1v) is 7.90. The van der Waals surface area contributed by atoms with Crippen LogP contribution in [0.1, 0.15) is 49.4 Å². The van der Waals surface area contributed by atoms with Crippen molar-refractivity contribution in [2.75, 3.05) is 6.54 Å². The van der Waals surface area contributed by atoms with Crippen molar-refractivity contribution in [1.82, 2.24) is 5.32 Å². The van der Waals surface area contributed by atoms with Crippen LogP contribution in [0, 0.1) is 0 Å². The van der Waals surface area contributed by atoms with E-state index < -0.39 is 0 Å². The van der Waals surface area contributed by atoms with Crippen molar-refractivity contribution < 1.29 is 14.6 Å². The van der Waals surface area contributed by atoms with Gasteiger partial charge in [-0.1, -0.05) is 18.5 Å². The molecule has 1 amide bonds. The first kappa shape index (κ1) is 16.1. The topological polar surface area (TPSA) is 58.6 Å². The van der Waals surface area contributed by atoms with Crippen LogP contribution in [0.4, 0.5) is 0 Å². The van der Waals surface area contributed by atoms with Crippen LogP contribution in [-0.4, -0.2) is 29.8 Å². The molecule has 0 bridgehead atoms. The molecule has 0 radical (unpaired) electrons. The summed E-state index contributed by atoms with van der Waals surface area (Å²) in [7, 11) is 0. The van der Waals surface area contributed by atoms with Crippen molar-refractivity contribution >= 4 is 17.5 Å². The lowest BCUT2D eigenvalue weighted by Crippen LogP contribution is -2.27. The molecule has 1 aromatic rings. The summed E-state index contributed by atoms with van der Waals surface area (Å²) in [6.45, 7) is 2.34. The van der Waals surface area contributed by atoms with Crippen LogP contribution in [0.25, 0.3) is 0 Å². The SMILES string of the molecule is CCC(O)CCNC(=O)c1ccc(OC2CCC2)cc1Cl. The quantitative estimate of drug-likeness (QED) is 0.813. The summed E-state index contributed by atoms with van der Waals surface area (Å²) < 4.78 is 5.74. The third kappa shape index (κ3) is 4.61. The first-order valence-electron chi connectivity index (χ1n) is 7.52. The summed E-state index contributed by atoms with van der Waals surface area (Å²) >= 11 is 6.15. The third-order valence-electron chi connectivity index (χ3n) is 3.77. The molecule has 1 saturated carbocycles. The Bertz CT molecular complexity index is 488. The number of rotatable bonds is 7. The van der Waals surface area contributed by atoms with Gasteiger partial charge in [-0.25, -0.2) is 0 Å². The van der Waals surface area contributed by atoms with E-state index in [9.17, 15) is 9.90 Å². The molecule has 5 heteroatoms. The maximum Gasteiger partial charge on any atom is 0.252 e. The van der Waals surface area contributed by atoms with Crippen molar-refractivity contribution in [3.63, 3.8) is 0 Å². The van der Waals surface area contributed by atoms with Gasteiger partial charge in [0.05, 0.1) is 22.8 Å². The zero-order chi connectivity index (χ0) is 15.2. The molecular weight excluding hydrogens is 290 g/mol. The van der Waals surface area contributed by atoms with Gasteiger partial charge in [-0.3, -0.25) is 4.79 Å². The number of aliphatic hydroxyl groups excluding tert-OH is 1. The molecule has 0 saturated heterocycles. The second kappa shape index (κ2) is 7.66. The number of hydrogen-bond donors (Lipinski definition) is 2. The Hall–Kier alpha value is -1.26. The molecule has 1 aliphatic carbocycles. The van der Waals surface area contributed by atoms with Crippen LogP contribution in [-0.2, 0) is 0 Å². The highest BCUT2D eigenvalue weighted by molar-refractivity contribution is 6.34. The molecule has 0 spiro atoms. The van der Waals surface area contributed by atoms with Crippen molar-refractivity contribution in [3.05, 3.63) is 28.8 Å². The fourth-order valence-electron chi connectivity index (χ4n) is 2.09. The number of nitrogens with one attached hydrogen (secondary N) is 1. The minimum Gasteiger partial charge on any atom is -0.490 e. The van der Waals surface area contributed by atoms with Gasteiger partial charge < -0.3 is 15.2 Å².